The first-order valence-corrected chi connectivity index (χ1v) is 8.89. The summed E-state index contributed by atoms with van der Waals surface area (Å²) in [6.45, 7) is 0. The summed E-state index contributed by atoms with van der Waals surface area (Å²) in [5.74, 6) is -1.07. The molecule has 0 aliphatic carbocycles. The van der Waals surface area contributed by atoms with Crippen LogP contribution in [0.3, 0.4) is 0 Å². The normalized spacial score (nSPS) is 11.7. The SMILES string of the molecule is Cn1c2ccccc2c2cc(/C=C(\NC(=O)c3ccccc3)C(N)=O)ccc21. The second-order valence-electron chi connectivity index (χ2n) is 6.60. The van der Waals surface area contributed by atoms with E-state index in [1.165, 1.54) is 0 Å². The van der Waals surface area contributed by atoms with Gasteiger partial charge in [-0.15, -0.1) is 0 Å². The van der Waals surface area contributed by atoms with Gasteiger partial charge in [0.1, 0.15) is 5.70 Å². The van der Waals surface area contributed by atoms with Crippen molar-refractivity contribution in [2.75, 3.05) is 0 Å². The topological polar surface area (TPSA) is 77.1 Å². The van der Waals surface area contributed by atoms with Crippen molar-refractivity contribution < 1.29 is 9.59 Å². The largest absolute Gasteiger partial charge is 0.364 e. The Balaban J connectivity index is 1.74. The van der Waals surface area contributed by atoms with Crippen LogP contribution in [0, 0.1) is 0 Å². The summed E-state index contributed by atoms with van der Waals surface area (Å²) in [5.41, 5.74) is 9.00. The summed E-state index contributed by atoms with van der Waals surface area (Å²) in [6, 6.07) is 22.7. The zero-order valence-electron chi connectivity index (χ0n) is 15.3. The molecule has 3 aromatic carbocycles. The van der Waals surface area contributed by atoms with Gasteiger partial charge in [0, 0.05) is 34.4 Å². The fourth-order valence-corrected chi connectivity index (χ4v) is 3.39. The number of hydrogen-bond acceptors (Lipinski definition) is 2. The molecule has 1 aromatic heterocycles. The van der Waals surface area contributed by atoms with Crippen molar-refractivity contribution in [3.8, 4) is 0 Å². The number of nitrogens with one attached hydrogen (secondary N) is 1. The molecule has 5 heteroatoms. The van der Waals surface area contributed by atoms with Crippen LogP contribution in [0.5, 0.6) is 0 Å². The van der Waals surface area contributed by atoms with Crippen LogP contribution in [0.4, 0.5) is 0 Å². The quantitative estimate of drug-likeness (QED) is 0.539. The van der Waals surface area contributed by atoms with Gasteiger partial charge in [-0.3, -0.25) is 9.59 Å². The first-order valence-electron chi connectivity index (χ1n) is 8.89. The molecule has 28 heavy (non-hydrogen) atoms. The van der Waals surface area contributed by atoms with Crippen LogP contribution in [0.15, 0.2) is 78.5 Å². The van der Waals surface area contributed by atoms with E-state index >= 15 is 0 Å². The molecule has 0 aliphatic rings. The maximum Gasteiger partial charge on any atom is 0.265 e. The molecule has 0 spiro atoms. The van der Waals surface area contributed by atoms with Crippen molar-refractivity contribution in [1.82, 2.24) is 9.88 Å². The molecule has 5 nitrogen and oxygen atoms in total. The monoisotopic (exact) mass is 369 g/mol. The van der Waals surface area contributed by atoms with Gasteiger partial charge in [-0.2, -0.15) is 0 Å². The van der Waals surface area contributed by atoms with Crippen LogP contribution in [0.2, 0.25) is 0 Å². The molecule has 2 amide bonds. The number of para-hydroxylation sites is 1. The van der Waals surface area contributed by atoms with Gasteiger partial charge in [-0.05, 0) is 42.0 Å². The van der Waals surface area contributed by atoms with Crippen molar-refractivity contribution in [2.24, 2.45) is 12.8 Å². The Hall–Kier alpha value is -3.86. The minimum absolute atomic E-state index is 0.0495. The van der Waals surface area contributed by atoms with E-state index in [2.05, 4.69) is 22.0 Å². The number of hydrogen-bond donors (Lipinski definition) is 2. The number of benzene rings is 3. The summed E-state index contributed by atoms with van der Waals surface area (Å²) in [4.78, 5) is 24.3. The molecule has 0 saturated heterocycles. The van der Waals surface area contributed by atoms with Crippen molar-refractivity contribution in [1.29, 1.82) is 0 Å². The van der Waals surface area contributed by atoms with Crippen molar-refractivity contribution in [2.45, 2.75) is 0 Å². The Morgan fingerprint density at radius 2 is 1.57 bits per heavy atom. The molecule has 0 saturated carbocycles. The highest BCUT2D eigenvalue weighted by Gasteiger charge is 2.13. The van der Waals surface area contributed by atoms with Crippen LogP contribution in [0.25, 0.3) is 27.9 Å². The lowest BCUT2D eigenvalue weighted by molar-refractivity contribution is -0.114. The maximum atomic E-state index is 12.4. The molecule has 1 heterocycles. The second-order valence-corrected chi connectivity index (χ2v) is 6.60. The van der Waals surface area contributed by atoms with Crippen LogP contribution >= 0.6 is 0 Å². The lowest BCUT2D eigenvalue weighted by Crippen LogP contribution is -2.31. The average molecular weight is 369 g/mol. The van der Waals surface area contributed by atoms with Crippen molar-refractivity contribution >= 4 is 39.7 Å². The Bertz CT molecular complexity index is 1240. The van der Waals surface area contributed by atoms with E-state index in [4.69, 9.17) is 5.73 Å². The molecular formula is C23H19N3O2. The third-order valence-electron chi connectivity index (χ3n) is 4.80. The molecule has 0 atom stereocenters. The number of primary amides is 1. The Labute approximate surface area is 162 Å². The molecule has 0 fully saturated rings. The average Bonchev–Trinajstić information content (AvgIpc) is 3.00. The molecule has 3 N–H and O–H groups in total. The summed E-state index contributed by atoms with van der Waals surface area (Å²) in [6.07, 6.45) is 1.60. The van der Waals surface area contributed by atoms with E-state index in [1.54, 1.807) is 30.3 Å². The summed E-state index contributed by atoms with van der Waals surface area (Å²) < 4.78 is 2.13. The van der Waals surface area contributed by atoms with E-state index in [0.29, 0.717) is 5.56 Å². The number of aryl methyl sites for hydroxylation is 1. The number of rotatable bonds is 4. The molecule has 138 valence electrons. The van der Waals surface area contributed by atoms with Gasteiger partial charge in [0.05, 0.1) is 0 Å². The van der Waals surface area contributed by atoms with E-state index in [-0.39, 0.29) is 11.6 Å². The minimum atomic E-state index is -0.692. The molecule has 0 radical (unpaired) electrons. The van der Waals surface area contributed by atoms with Gasteiger partial charge in [0.15, 0.2) is 0 Å². The minimum Gasteiger partial charge on any atom is -0.364 e. The lowest BCUT2D eigenvalue weighted by atomic mass is 10.1. The van der Waals surface area contributed by atoms with Gasteiger partial charge >= 0.3 is 0 Å². The number of nitrogens with two attached hydrogens (primary N) is 1. The number of nitrogens with zero attached hydrogens (tertiary/aromatic N) is 1. The molecular weight excluding hydrogens is 350 g/mol. The highest BCUT2D eigenvalue weighted by Crippen LogP contribution is 2.29. The summed E-state index contributed by atoms with van der Waals surface area (Å²) >= 11 is 0. The van der Waals surface area contributed by atoms with E-state index in [0.717, 1.165) is 27.4 Å². The van der Waals surface area contributed by atoms with Crippen LogP contribution in [-0.2, 0) is 11.8 Å². The standard InChI is InChI=1S/C23H19N3O2/c1-26-20-10-6-5-9-17(20)18-13-15(11-12-21(18)26)14-19(22(24)27)25-23(28)16-7-3-2-4-8-16/h2-14H,1H3,(H2,24,27)(H,25,28)/b19-14-. The zero-order valence-corrected chi connectivity index (χ0v) is 15.3. The number of fused-ring (bicyclic) bond motifs is 3. The van der Waals surface area contributed by atoms with Gasteiger partial charge in [-0.1, -0.05) is 42.5 Å². The number of aromatic nitrogens is 1. The third kappa shape index (κ3) is 3.14. The van der Waals surface area contributed by atoms with E-state index in [1.807, 2.05) is 43.4 Å². The van der Waals surface area contributed by atoms with Crippen LogP contribution in [0.1, 0.15) is 15.9 Å². The molecule has 0 aliphatic heterocycles. The third-order valence-corrected chi connectivity index (χ3v) is 4.80. The van der Waals surface area contributed by atoms with Gasteiger partial charge in [-0.25, -0.2) is 0 Å². The highest BCUT2D eigenvalue weighted by atomic mass is 16.2. The number of amides is 2. The fourth-order valence-electron chi connectivity index (χ4n) is 3.39. The first-order chi connectivity index (χ1) is 13.5. The summed E-state index contributed by atoms with van der Waals surface area (Å²) in [7, 11) is 2.02. The molecule has 0 unspecified atom stereocenters. The van der Waals surface area contributed by atoms with Gasteiger partial charge < -0.3 is 15.6 Å². The van der Waals surface area contributed by atoms with Crippen molar-refractivity contribution in [3.63, 3.8) is 0 Å². The Morgan fingerprint density at radius 3 is 2.32 bits per heavy atom. The lowest BCUT2D eigenvalue weighted by Gasteiger charge is -2.07. The van der Waals surface area contributed by atoms with Crippen molar-refractivity contribution in [3.05, 3.63) is 89.6 Å². The Kier molecular flexibility index (Phi) is 4.41. The smallest absolute Gasteiger partial charge is 0.265 e. The number of carbonyl (C=O) groups is 2. The van der Waals surface area contributed by atoms with E-state index in [9.17, 15) is 9.59 Å². The fraction of sp³-hybridized carbons (Fsp3) is 0.0435. The molecule has 4 aromatic rings. The van der Waals surface area contributed by atoms with Crippen LogP contribution in [-0.4, -0.2) is 16.4 Å². The van der Waals surface area contributed by atoms with Gasteiger partial charge in [0.25, 0.3) is 11.8 Å². The second kappa shape index (κ2) is 7.04. The highest BCUT2D eigenvalue weighted by molar-refractivity contribution is 6.09. The predicted molar refractivity (Wildman–Crippen MR) is 112 cm³/mol. The molecule has 4 rings (SSSR count). The van der Waals surface area contributed by atoms with Gasteiger partial charge in [0.2, 0.25) is 0 Å². The number of carbonyl (C=O) groups excluding carboxylic acids is 2. The van der Waals surface area contributed by atoms with Crippen LogP contribution < -0.4 is 11.1 Å². The maximum absolute atomic E-state index is 12.4. The first kappa shape index (κ1) is 17.5. The predicted octanol–water partition coefficient (Wildman–Crippen LogP) is 3.59. The zero-order chi connectivity index (χ0) is 19.7. The Morgan fingerprint density at radius 1 is 0.893 bits per heavy atom. The summed E-state index contributed by atoms with van der Waals surface area (Å²) in [5, 5.41) is 4.82. The van der Waals surface area contributed by atoms with E-state index < -0.39 is 5.91 Å². The molecule has 0 bridgehead atoms.